The van der Waals surface area contributed by atoms with E-state index < -0.39 is 29.6 Å². The summed E-state index contributed by atoms with van der Waals surface area (Å²) in [6.07, 6.45) is -3.81. The monoisotopic (exact) mass is 405 g/mol. The van der Waals surface area contributed by atoms with E-state index in [0.29, 0.717) is 18.5 Å². The van der Waals surface area contributed by atoms with E-state index in [1.165, 1.54) is 4.90 Å². The van der Waals surface area contributed by atoms with Crippen molar-refractivity contribution in [1.29, 1.82) is 0 Å². The Bertz CT molecular complexity index is 962. The van der Waals surface area contributed by atoms with Gasteiger partial charge in [-0.15, -0.1) is 0 Å². The van der Waals surface area contributed by atoms with Gasteiger partial charge >= 0.3 is 12.2 Å². The van der Waals surface area contributed by atoms with E-state index in [0.717, 1.165) is 15.7 Å². The van der Waals surface area contributed by atoms with E-state index in [9.17, 15) is 22.8 Å². The van der Waals surface area contributed by atoms with Crippen molar-refractivity contribution in [2.24, 2.45) is 5.92 Å². The highest BCUT2D eigenvalue weighted by atomic mass is 19.4. The minimum atomic E-state index is -4.27. The first-order valence-electron chi connectivity index (χ1n) is 9.61. The molecule has 0 aliphatic carbocycles. The lowest BCUT2D eigenvalue weighted by Gasteiger charge is -2.35. The van der Waals surface area contributed by atoms with Crippen LogP contribution in [0, 0.1) is 5.92 Å². The average molecular weight is 405 g/mol. The molecule has 0 aromatic heterocycles. The summed E-state index contributed by atoms with van der Waals surface area (Å²) in [5.74, 6) is -1.88. The fraction of sp³-hybridized carbons (Fsp3) is 0.429. The predicted octanol–water partition coefficient (Wildman–Crippen LogP) is 3.84. The van der Waals surface area contributed by atoms with E-state index in [4.69, 9.17) is 0 Å². The SMILES string of the molecule is C[C@]1(c2ccc3ccccc3c2)NC(=O)N(CN2CCC[C@@H](C(F)(F)F)C2)C1=O. The fourth-order valence-electron chi connectivity index (χ4n) is 4.17. The lowest BCUT2D eigenvalue weighted by Crippen LogP contribution is -2.48. The number of piperidine rings is 1. The number of nitrogens with zero attached hydrogens (tertiary/aromatic N) is 2. The number of fused-ring (bicyclic) bond motifs is 1. The third-order valence-electron chi connectivity index (χ3n) is 5.91. The van der Waals surface area contributed by atoms with Crippen LogP contribution in [0.4, 0.5) is 18.0 Å². The van der Waals surface area contributed by atoms with Crippen LogP contribution in [0.3, 0.4) is 0 Å². The number of benzene rings is 2. The molecular formula is C21H22F3N3O2. The molecule has 2 aliphatic rings. The maximum Gasteiger partial charge on any atom is 0.393 e. The first-order chi connectivity index (χ1) is 13.7. The molecule has 3 amide bonds. The molecule has 5 nitrogen and oxygen atoms in total. The van der Waals surface area contributed by atoms with E-state index in [-0.39, 0.29) is 19.6 Å². The summed E-state index contributed by atoms with van der Waals surface area (Å²) < 4.78 is 39.2. The van der Waals surface area contributed by atoms with Gasteiger partial charge in [0.15, 0.2) is 0 Å². The molecule has 1 N–H and O–H groups in total. The quantitative estimate of drug-likeness (QED) is 0.790. The van der Waals surface area contributed by atoms with Gasteiger partial charge in [0, 0.05) is 6.54 Å². The molecule has 8 heteroatoms. The summed E-state index contributed by atoms with van der Waals surface area (Å²) in [5, 5.41) is 4.69. The number of urea groups is 1. The smallest absolute Gasteiger partial charge is 0.319 e. The van der Waals surface area contributed by atoms with Crippen molar-refractivity contribution in [3.05, 3.63) is 48.0 Å². The zero-order chi connectivity index (χ0) is 20.8. The third-order valence-corrected chi connectivity index (χ3v) is 5.91. The van der Waals surface area contributed by atoms with Crippen LogP contribution in [0.2, 0.25) is 0 Å². The average Bonchev–Trinajstić information content (AvgIpc) is 2.91. The van der Waals surface area contributed by atoms with Gasteiger partial charge in [0.25, 0.3) is 5.91 Å². The molecule has 2 saturated heterocycles. The van der Waals surface area contributed by atoms with Gasteiger partial charge < -0.3 is 5.32 Å². The Morgan fingerprint density at radius 1 is 1.14 bits per heavy atom. The number of hydrogen-bond donors (Lipinski definition) is 1. The molecular weight excluding hydrogens is 383 g/mol. The van der Waals surface area contributed by atoms with Gasteiger partial charge in [0.2, 0.25) is 0 Å². The lowest BCUT2D eigenvalue weighted by atomic mass is 9.90. The van der Waals surface area contributed by atoms with E-state index in [1.807, 2.05) is 36.4 Å². The second-order valence-electron chi connectivity index (χ2n) is 7.95. The van der Waals surface area contributed by atoms with Crippen LogP contribution >= 0.6 is 0 Å². The molecule has 2 aromatic carbocycles. The number of carbonyl (C=O) groups excluding carboxylic acids is 2. The van der Waals surface area contributed by atoms with Crippen LogP contribution in [0.25, 0.3) is 10.8 Å². The number of alkyl halides is 3. The molecule has 0 unspecified atom stereocenters. The van der Waals surface area contributed by atoms with Crippen LogP contribution in [0.5, 0.6) is 0 Å². The number of amides is 3. The van der Waals surface area contributed by atoms with Crippen molar-refractivity contribution in [1.82, 2.24) is 15.1 Å². The van der Waals surface area contributed by atoms with Crippen LogP contribution in [-0.4, -0.2) is 47.7 Å². The Morgan fingerprint density at radius 3 is 2.59 bits per heavy atom. The van der Waals surface area contributed by atoms with Crippen LogP contribution < -0.4 is 5.32 Å². The van der Waals surface area contributed by atoms with E-state index in [2.05, 4.69) is 5.32 Å². The number of likely N-dealkylation sites (tertiary alicyclic amines) is 1. The molecule has 2 aliphatic heterocycles. The van der Waals surface area contributed by atoms with Crippen LogP contribution in [-0.2, 0) is 10.3 Å². The van der Waals surface area contributed by atoms with Crippen molar-refractivity contribution >= 4 is 22.7 Å². The molecule has 2 aromatic rings. The second-order valence-corrected chi connectivity index (χ2v) is 7.95. The summed E-state index contributed by atoms with van der Waals surface area (Å²) in [6, 6.07) is 12.6. The Hall–Kier alpha value is -2.61. The third kappa shape index (κ3) is 3.57. The van der Waals surface area contributed by atoms with Crippen molar-refractivity contribution in [3.63, 3.8) is 0 Å². The predicted molar refractivity (Wildman–Crippen MR) is 102 cm³/mol. The molecule has 0 radical (unpaired) electrons. The normalized spacial score (nSPS) is 26.2. The minimum Gasteiger partial charge on any atom is -0.319 e. The molecule has 154 valence electrons. The molecule has 2 fully saturated rings. The number of imide groups is 1. The molecule has 0 spiro atoms. The second kappa shape index (κ2) is 7.02. The zero-order valence-electron chi connectivity index (χ0n) is 16.0. The largest absolute Gasteiger partial charge is 0.393 e. The van der Waals surface area contributed by atoms with E-state index in [1.54, 1.807) is 13.0 Å². The summed E-state index contributed by atoms with van der Waals surface area (Å²) >= 11 is 0. The summed E-state index contributed by atoms with van der Waals surface area (Å²) in [4.78, 5) is 28.2. The minimum absolute atomic E-state index is 0.0783. The molecule has 2 heterocycles. The number of rotatable bonds is 3. The number of hydrogen-bond acceptors (Lipinski definition) is 3. The Morgan fingerprint density at radius 2 is 1.86 bits per heavy atom. The molecule has 2 atom stereocenters. The van der Waals surface area contributed by atoms with Gasteiger partial charge in [-0.2, -0.15) is 13.2 Å². The van der Waals surface area contributed by atoms with Crippen LogP contribution in [0.15, 0.2) is 42.5 Å². The lowest BCUT2D eigenvalue weighted by molar-refractivity contribution is -0.187. The Labute approximate surface area is 166 Å². The standard InChI is InChI=1S/C21H22F3N3O2/c1-20(16-9-8-14-5-2-3-6-15(14)11-16)18(28)27(19(29)25-20)13-26-10-4-7-17(12-26)21(22,23)24/h2-3,5-6,8-9,11,17H,4,7,10,12-13H2,1H3,(H,25,29)/t17-,20-/m1/s1. The number of nitrogens with one attached hydrogen (secondary N) is 1. The first kappa shape index (κ1) is 19.7. The number of carbonyl (C=O) groups is 2. The highest BCUT2D eigenvalue weighted by Crippen LogP contribution is 2.34. The number of halogens is 3. The van der Waals surface area contributed by atoms with Crippen molar-refractivity contribution < 1.29 is 22.8 Å². The molecule has 0 bridgehead atoms. The van der Waals surface area contributed by atoms with Gasteiger partial charge in [-0.1, -0.05) is 36.4 Å². The maximum absolute atomic E-state index is 13.1. The van der Waals surface area contributed by atoms with Gasteiger partial charge in [-0.25, -0.2) is 9.69 Å². The Balaban J connectivity index is 1.55. The first-order valence-corrected chi connectivity index (χ1v) is 9.61. The molecule has 4 rings (SSSR count). The van der Waals surface area contributed by atoms with Gasteiger partial charge in [-0.3, -0.25) is 9.69 Å². The highest BCUT2D eigenvalue weighted by Gasteiger charge is 2.50. The van der Waals surface area contributed by atoms with E-state index >= 15 is 0 Å². The highest BCUT2D eigenvalue weighted by molar-refractivity contribution is 6.07. The van der Waals surface area contributed by atoms with Crippen molar-refractivity contribution in [2.45, 2.75) is 31.5 Å². The fourth-order valence-corrected chi connectivity index (χ4v) is 4.17. The van der Waals surface area contributed by atoms with Crippen molar-refractivity contribution in [2.75, 3.05) is 19.8 Å². The Kier molecular flexibility index (Phi) is 4.77. The summed E-state index contributed by atoms with van der Waals surface area (Å²) in [5.41, 5.74) is -0.607. The topological polar surface area (TPSA) is 52.7 Å². The van der Waals surface area contributed by atoms with Crippen LogP contribution in [0.1, 0.15) is 25.3 Å². The van der Waals surface area contributed by atoms with Gasteiger partial charge in [0.1, 0.15) is 5.54 Å². The van der Waals surface area contributed by atoms with Crippen molar-refractivity contribution in [3.8, 4) is 0 Å². The molecule has 29 heavy (non-hydrogen) atoms. The van der Waals surface area contributed by atoms with Gasteiger partial charge in [0.05, 0.1) is 12.6 Å². The summed E-state index contributed by atoms with van der Waals surface area (Å²) in [7, 11) is 0. The maximum atomic E-state index is 13.1. The molecule has 0 saturated carbocycles. The van der Waals surface area contributed by atoms with Gasteiger partial charge in [-0.05, 0) is 48.7 Å². The zero-order valence-corrected chi connectivity index (χ0v) is 16.0. The summed E-state index contributed by atoms with van der Waals surface area (Å²) in [6.45, 7) is 1.72.